The Morgan fingerprint density at radius 3 is 2.22 bits per heavy atom. The fourth-order valence-corrected chi connectivity index (χ4v) is 2.32. The van der Waals surface area contributed by atoms with Gasteiger partial charge in [0.15, 0.2) is 11.5 Å². The number of pyridine rings is 1. The van der Waals surface area contributed by atoms with E-state index in [1.165, 1.54) is 39.5 Å². The molecule has 0 radical (unpaired) electrons. The van der Waals surface area contributed by atoms with Crippen LogP contribution in [0.2, 0.25) is 0 Å². The quantitative estimate of drug-likeness (QED) is 0.856. The number of aromatic nitrogens is 1. The Morgan fingerprint density at radius 2 is 1.74 bits per heavy atom. The predicted octanol–water partition coefficient (Wildman–Crippen LogP) is 3.26. The summed E-state index contributed by atoms with van der Waals surface area (Å²) >= 11 is 3.14. The zero-order chi connectivity index (χ0) is 17.0. The van der Waals surface area contributed by atoms with Gasteiger partial charge < -0.3 is 19.5 Å². The van der Waals surface area contributed by atoms with E-state index in [-0.39, 0.29) is 11.4 Å². The van der Waals surface area contributed by atoms with Crippen LogP contribution in [0.3, 0.4) is 0 Å². The molecule has 0 unspecified atom stereocenters. The molecule has 0 saturated carbocycles. The van der Waals surface area contributed by atoms with E-state index in [0.29, 0.717) is 21.7 Å². The maximum absolute atomic E-state index is 13.0. The Kier molecular flexibility index (Phi) is 5.38. The first-order valence-corrected chi connectivity index (χ1v) is 7.21. The number of methoxy groups -OCH3 is 3. The molecule has 6 nitrogen and oxygen atoms in total. The molecule has 1 N–H and O–H groups in total. The Hall–Kier alpha value is -2.35. The predicted molar refractivity (Wildman–Crippen MR) is 85.9 cm³/mol. The lowest BCUT2D eigenvalue weighted by Gasteiger charge is -2.14. The van der Waals surface area contributed by atoms with Gasteiger partial charge in [-0.3, -0.25) is 4.79 Å². The molecule has 0 saturated heterocycles. The second-order valence-corrected chi connectivity index (χ2v) is 5.21. The number of nitrogens with zero attached hydrogens (tertiary/aromatic N) is 1. The Balaban J connectivity index is 2.35. The van der Waals surface area contributed by atoms with Crippen molar-refractivity contribution < 1.29 is 23.4 Å². The van der Waals surface area contributed by atoms with Gasteiger partial charge in [0.05, 0.1) is 32.0 Å². The number of hydrogen-bond donors (Lipinski definition) is 1. The van der Waals surface area contributed by atoms with Crippen LogP contribution in [0.4, 0.5) is 10.2 Å². The molecule has 122 valence electrons. The van der Waals surface area contributed by atoms with Crippen LogP contribution in [0.1, 0.15) is 10.4 Å². The zero-order valence-corrected chi connectivity index (χ0v) is 14.2. The molecule has 0 aliphatic carbocycles. The first-order chi connectivity index (χ1) is 11.0. The first kappa shape index (κ1) is 17.0. The molecule has 1 aromatic heterocycles. The fourth-order valence-electron chi connectivity index (χ4n) is 1.90. The van der Waals surface area contributed by atoms with Crippen LogP contribution in [0, 0.1) is 5.82 Å². The second-order valence-electron chi connectivity index (χ2n) is 4.35. The van der Waals surface area contributed by atoms with Crippen LogP contribution in [-0.4, -0.2) is 32.2 Å². The van der Waals surface area contributed by atoms with Crippen LogP contribution in [0.15, 0.2) is 28.9 Å². The van der Waals surface area contributed by atoms with Crippen LogP contribution in [-0.2, 0) is 0 Å². The molecular weight excluding hydrogens is 371 g/mol. The Labute approximate surface area is 140 Å². The number of nitrogens with one attached hydrogen (secondary N) is 1. The summed E-state index contributed by atoms with van der Waals surface area (Å²) < 4.78 is 29.0. The van der Waals surface area contributed by atoms with Crippen molar-refractivity contribution in [2.75, 3.05) is 26.6 Å². The summed E-state index contributed by atoms with van der Waals surface area (Å²) in [6.07, 6.45) is 1.01. The van der Waals surface area contributed by atoms with Gasteiger partial charge in [0.1, 0.15) is 11.6 Å². The van der Waals surface area contributed by atoms with E-state index in [1.807, 2.05) is 0 Å². The monoisotopic (exact) mass is 384 g/mol. The number of benzene rings is 1. The molecule has 0 atom stereocenters. The van der Waals surface area contributed by atoms with Crippen molar-refractivity contribution in [3.8, 4) is 17.2 Å². The van der Waals surface area contributed by atoms with Crippen LogP contribution >= 0.6 is 15.9 Å². The fraction of sp³-hybridized carbons (Fsp3) is 0.200. The lowest BCUT2D eigenvalue weighted by molar-refractivity contribution is 0.102. The van der Waals surface area contributed by atoms with Crippen LogP contribution in [0.5, 0.6) is 17.2 Å². The molecule has 8 heteroatoms. The summed E-state index contributed by atoms with van der Waals surface area (Å²) in [5, 5.41) is 2.58. The largest absolute Gasteiger partial charge is 0.493 e. The highest BCUT2D eigenvalue weighted by Crippen LogP contribution is 2.38. The lowest BCUT2D eigenvalue weighted by Crippen LogP contribution is -2.14. The molecule has 0 aliphatic rings. The van der Waals surface area contributed by atoms with Gasteiger partial charge in [-0.05, 0) is 34.1 Å². The van der Waals surface area contributed by atoms with Crippen LogP contribution < -0.4 is 19.5 Å². The lowest BCUT2D eigenvalue weighted by atomic mass is 10.1. The van der Waals surface area contributed by atoms with Gasteiger partial charge in [-0.15, -0.1) is 0 Å². The standard InChI is InChI=1S/C15H14BrFN2O4/c1-21-11-4-8(5-12(22-2)13(11)23-3)15(20)19-14-10(16)6-9(17)7-18-14/h4-7H,1-3H3,(H,18,19,20). The van der Waals surface area contributed by atoms with E-state index < -0.39 is 11.7 Å². The van der Waals surface area contributed by atoms with Gasteiger partial charge in [-0.25, -0.2) is 9.37 Å². The minimum atomic E-state index is -0.511. The maximum atomic E-state index is 13.0. The highest BCUT2D eigenvalue weighted by Gasteiger charge is 2.18. The number of hydrogen-bond acceptors (Lipinski definition) is 5. The number of amides is 1. The van der Waals surface area contributed by atoms with E-state index in [0.717, 1.165) is 6.20 Å². The van der Waals surface area contributed by atoms with E-state index in [9.17, 15) is 9.18 Å². The smallest absolute Gasteiger partial charge is 0.257 e. The van der Waals surface area contributed by atoms with Gasteiger partial charge >= 0.3 is 0 Å². The molecule has 0 bridgehead atoms. The summed E-state index contributed by atoms with van der Waals surface area (Å²) in [6, 6.07) is 4.22. The number of ether oxygens (including phenoxy) is 3. The Morgan fingerprint density at radius 1 is 1.13 bits per heavy atom. The normalized spacial score (nSPS) is 10.1. The van der Waals surface area contributed by atoms with E-state index in [1.54, 1.807) is 0 Å². The molecular formula is C15H14BrFN2O4. The Bertz CT molecular complexity index is 714. The minimum absolute atomic E-state index is 0.199. The zero-order valence-electron chi connectivity index (χ0n) is 12.6. The number of rotatable bonds is 5. The third kappa shape index (κ3) is 3.70. The van der Waals surface area contributed by atoms with Crippen molar-refractivity contribution in [2.45, 2.75) is 0 Å². The molecule has 1 heterocycles. The topological polar surface area (TPSA) is 69.7 Å². The van der Waals surface area contributed by atoms with Crippen molar-refractivity contribution in [1.29, 1.82) is 0 Å². The van der Waals surface area contributed by atoms with Gasteiger partial charge in [0.2, 0.25) is 5.75 Å². The summed E-state index contributed by atoms with van der Waals surface area (Å²) in [6.45, 7) is 0. The molecule has 2 rings (SSSR count). The van der Waals surface area contributed by atoms with Gasteiger partial charge in [0.25, 0.3) is 5.91 Å². The molecule has 23 heavy (non-hydrogen) atoms. The summed E-state index contributed by atoms with van der Waals surface area (Å²) in [7, 11) is 4.38. The number of anilines is 1. The SMILES string of the molecule is COc1cc(C(=O)Nc2ncc(F)cc2Br)cc(OC)c1OC. The van der Waals surface area contributed by atoms with Crippen LogP contribution in [0.25, 0.3) is 0 Å². The average molecular weight is 385 g/mol. The van der Waals surface area contributed by atoms with Crippen molar-refractivity contribution in [1.82, 2.24) is 4.98 Å². The second kappa shape index (κ2) is 7.28. The van der Waals surface area contributed by atoms with Crippen molar-refractivity contribution in [3.63, 3.8) is 0 Å². The molecule has 0 aliphatic heterocycles. The van der Waals surface area contributed by atoms with Gasteiger partial charge in [-0.1, -0.05) is 0 Å². The third-order valence-corrected chi connectivity index (χ3v) is 3.57. The highest BCUT2D eigenvalue weighted by molar-refractivity contribution is 9.10. The van der Waals surface area contributed by atoms with E-state index >= 15 is 0 Å². The molecule has 1 aromatic carbocycles. The van der Waals surface area contributed by atoms with E-state index in [4.69, 9.17) is 14.2 Å². The average Bonchev–Trinajstić information content (AvgIpc) is 2.55. The first-order valence-electron chi connectivity index (χ1n) is 6.42. The van der Waals surface area contributed by atoms with Crippen molar-refractivity contribution in [3.05, 3.63) is 40.2 Å². The van der Waals surface area contributed by atoms with Gasteiger partial charge in [-0.2, -0.15) is 0 Å². The molecule has 1 amide bonds. The highest BCUT2D eigenvalue weighted by atomic mass is 79.9. The third-order valence-electron chi connectivity index (χ3n) is 2.97. The summed E-state index contributed by atoms with van der Waals surface area (Å²) in [4.78, 5) is 16.2. The summed E-state index contributed by atoms with van der Waals surface area (Å²) in [5.41, 5.74) is 0.275. The summed E-state index contributed by atoms with van der Waals surface area (Å²) in [5.74, 6) is 0.316. The van der Waals surface area contributed by atoms with Crippen molar-refractivity contribution in [2.24, 2.45) is 0 Å². The number of carbonyl (C=O) groups is 1. The molecule has 0 fully saturated rings. The molecule has 0 spiro atoms. The van der Waals surface area contributed by atoms with Gasteiger partial charge in [0, 0.05) is 5.56 Å². The number of carbonyl (C=O) groups excluding carboxylic acids is 1. The van der Waals surface area contributed by atoms with E-state index in [2.05, 4.69) is 26.2 Å². The maximum Gasteiger partial charge on any atom is 0.257 e. The molecule has 2 aromatic rings. The van der Waals surface area contributed by atoms with Crippen molar-refractivity contribution >= 4 is 27.7 Å². The minimum Gasteiger partial charge on any atom is -0.493 e. The number of halogens is 2.